The number of allylic oxidation sites excluding steroid dienone is 2. The van der Waals surface area contributed by atoms with Crippen LogP contribution in [0, 0.1) is 0 Å². The predicted octanol–water partition coefficient (Wildman–Crippen LogP) is 3.64. The van der Waals surface area contributed by atoms with Crippen LogP contribution in [-0.4, -0.2) is 9.65 Å². The zero-order valence-electron chi connectivity index (χ0n) is 5.89. The minimum atomic E-state index is 0.535. The molecular formula is C8H12Br2. The average molecular weight is 268 g/mol. The molecule has 0 N–H and O–H groups in total. The van der Waals surface area contributed by atoms with Gasteiger partial charge in [0, 0.05) is 9.65 Å². The quantitative estimate of drug-likeness (QED) is 0.464. The van der Waals surface area contributed by atoms with E-state index < -0.39 is 0 Å². The van der Waals surface area contributed by atoms with Gasteiger partial charge >= 0.3 is 0 Å². The summed E-state index contributed by atoms with van der Waals surface area (Å²) in [5.74, 6) is 0. The SMILES string of the molecule is BrC1C=CCCCCC1Br. The smallest absolute Gasteiger partial charge is 0.0450 e. The van der Waals surface area contributed by atoms with E-state index in [1.807, 2.05) is 0 Å². The molecule has 0 nitrogen and oxygen atoms in total. The van der Waals surface area contributed by atoms with Crippen molar-refractivity contribution in [2.45, 2.75) is 35.3 Å². The maximum atomic E-state index is 3.64. The molecule has 0 bridgehead atoms. The molecule has 10 heavy (non-hydrogen) atoms. The van der Waals surface area contributed by atoms with Gasteiger partial charge in [0.25, 0.3) is 0 Å². The molecule has 2 atom stereocenters. The molecule has 2 unspecified atom stereocenters. The highest BCUT2D eigenvalue weighted by atomic mass is 79.9. The van der Waals surface area contributed by atoms with Crippen LogP contribution in [0.4, 0.5) is 0 Å². The van der Waals surface area contributed by atoms with Crippen molar-refractivity contribution in [3.05, 3.63) is 12.2 Å². The van der Waals surface area contributed by atoms with Crippen molar-refractivity contribution in [1.29, 1.82) is 0 Å². The van der Waals surface area contributed by atoms with Gasteiger partial charge in [-0.2, -0.15) is 0 Å². The minimum absolute atomic E-state index is 0.535. The Morgan fingerprint density at radius 3 is 2.80 bits per heavy atom. The van der Waals surface area contributed by atoms with Crippen LogP contribution in [0.5, 0.6) is 0 Å². The predicted molar refractivity (Wildman–Crippen MR) is 53.0 cm³/mol. The molecule has 1 rings (SSSR count). The Labute approximate surface area is 79.3 Å². The highest BCUT2D eigenvalue weighted by molar-refractivity contribution is 9.12. The normalized spacial score (nSPS) is 35.0. The number of hydrogen-bond acceptors (Lipinski definition) is 0. The van der Waals surface area contributed by atoms with Crippen LogP contribution in [0.2, 0.25) is 0 Å². The standard InChI is InChI=1S/C8H12Br2/c9-7-5-3-1-2-4-6-8(7)10/h3,5,7-8H,1-2,4,6H2. The zero-order valence-corrected chi connectivity index (χ0v) is 9.07. The Morgan fingerprint density at radius 2 is 2.00 bits per heavy atom. The lowest BCUT2D eigenvalue weighted by Crippen LogP contribution is -2.12. The van der Waals surface area contributed by atoms with E-state index in [4.69, 9.17) is 0 Å². The Hall–Kier alpha value is 0.700. The van der Waals surface area contributed by atoms with E-state index in [-0.39, 0.29) is 0 Å². The second kappa shape index (κ2) is 4.55. The largest absolute Gasteiger partial charge is 0.0875 e. The molecular weight excluding hydrogens is 256 g/mol. The molecule has 0 radical (unpaired) electrons. The third-order valence-electron chi connectivity index (χ3n) is 1.77. The molecule has 0 heterocycles. The first-order valence-corrected chi connectivity index (χ1v) is 5.58. The molecule has 0 amide bonds. The average Bonchev–Trinajstić information content (AvgIpc) is 1.92. The molecule has 0 aliphatic heterocycles. The van der Waals surface area contributed by atoms with E-state index in [0.29, 0.717) is 9.65 Å². The molecule has 0 saturated carbocycles. The Bertz CT molecular complexity index is 120. The van der Waals surface area contributed by atoms with Crippen LogP contribution in [0.15, 0.2) is 12.2 Å². The van der Waals surface area contributed by atoms with Gasteiger partial charge in [-0.3, -0.25) is 0 Å². The van der Waals surface area contributed by atoms with Crippen LogP contribution in [0.25, 0.3) is 0 Å². The van der Waals surface area contributed by atoms with Gasteiger partial charge in [-0.05, 0) is 19.3 Å². The zero-order chi connectivity index (χ0) is 7.40. The lowest BCUT2D eigenvalue weighted by atomic mass is 10.1. The summed E-state index contributed by atoms with van der Waals surface area (Å²) in [6.07, 6.45) is 9.76. The van der Waals surface area contributed by atoms with Crippen LogP contribution < -0.4 is 0 Å². The van der Waals surface area contributed by atoms with E-state index in [0.717, 1.165) is 0 Å². The second-order valence-electron chi connectivity index (χ2n) is 2.67. The Kier molecular flexibility index (Phi) is 4.00. The summed E-state index contributed by atoms with van der Waals surface area (Å²) in [7, 11) is 0. The van der Waals surface area contributed by atoms with E-state index in [2.05, 4.69) is 44.0 Å². The third kappa shape index (κ3) is 2.75. The van der Waals surface area contributed by atoms with Gasteiger partial charge in [-0.1, -0.05) is 50.4 Å². The van der Waals surface area contributed by atoms with Gasteiger partial charge < -0.3 is 0 Å². The molecule has 1 aliphatic carbocycles. The first-order chi connectivity index (χ1) is 4.80. The van der Waals surface area contributed by atoms with Crippen LogP contribution in [0.1, 0.15) is 25.7 Å². The van der Waals surface area contributed by atoms with Crippen molar-refractivity contribution < 1.29 is 0 Å². The fraction of sp³-hybridized carbons (Fsp3) is 0.750. The fourth-order valence-electron chi connectivity index (χ4n) is 1.11. The van der Waals surface area contributed by atoms with Crippen molar-refractivity contribution >= 4 is 31.9 Å². The minimum Gasteiger partial charge on any atom is -0.0875 e. The topological polar surface area (TPSA) is 0 Å². The number of alkyl halides is 2. The van der Waals surface area contributed by atoms with Gasteiger partial charge in [-0.25, -0.2) is 0 Å². The van der Waals surface area contributed by atoms with Crippen molar-refractivity contribution in [2.24, 2.45) is 0 Å². The summed E-state index contributed by atoms with van der Waals surface area (Å²) >= 11 is 7.24. The van der Waals surface area contributed by atoms with Crippen LogP contribution in [0.3, 0.4) is 0 Å². The van der Waals surface area contributed by atoms with Gasteiger partial charge in [-0.15, -0.1) is 0 Å². The summed E-state index contributed by atoms with van der Waals surface area (Å²) in [4.78, 5) is 1.16. The Morgan fingerprint density at radius 1 is 1.20 bits per heavy atom. The van der Waals surface area contributed by atoms with Crippen molar-refractivity contribution in [3.63, 3.8) is 0 Å². The van der Waals surface area contributed by atoms with E-state index in [1.54, 1.807) is 0 Å². The first kappa shape index (κ1) is 8.79. The van der Waals surface area contributed by atoms with Crippen LogP contribution in [-0.2, 0) is 0 Å². The van der Waals surface area contributed by atoms with Gasteiger partial charge in [0.05, 0.1) is 0 Å². The monoisotopic (exact) mass is 266 g/mol. The van der Waals surface area contributed by atoms with E-state index in [1.165, 1.54) is 25.7 Å². The lowest BCUT2D eigenvalue weighted by Gasteiger charge is -2.14. The van der Waals surface area contributed by atoms with E-state index in [9.17, 15) is 0 Å². The molecule has 1 aliphatic rings. The molecule has 2 heteroatoms. The Balaban J connectivity index is 2.44. The molecule has 0 spiro atoms. The van der Waals surface area contributed by atoms with Gasteiger partial charge in [0.15, 0.2) is 0 Å². The van der Waals surface area contributed by atoms with Crippen molar-refractivity contribution in [1.82, 2.24) is 0 Å². The first-order valence-electron chi connectivity index (χ1n) is 3.75. The van der Waals surface area contributed by atoms with Gasteiger partial charge in [0.2, 0.25) is 0 Å². The molecule has 0 saturated heterocycles. The molecule has 0 aromatic carbocycles. The number of rotatable bonds is 0. The third-order valence-corrected chi connectivity index (χ3v) is 4.45. The summed E-state index contributed by atoms with van der Waals surface area (Å²) in [6.45, 7) is 0. The maximum absolute atomic E-state index is 3.64. The maximum Gasteiger partial charge on any atom is 0.0450 e. The molecule has 0 aromatic rings. The summed E-state index contributed by atoms with van der Waals surface area (Å²) < 4.78 is 0. The summed E-state index contributed by atoms with van der Waals surface area (Å²) in [6, 6.07) is 0. The van der Waals surface area contributed by atoms with Crippen molar-refractivity contribution in [3.8, 4) is 0 Å². The summed E-state index contributed by atoms with van der Waals surface area (Å²) in [5, 5.41) is 0. The lowest BCUT2D eigenvalue weighted by molar-refractivity contribution is 0.662. The van der Waals surface area contributed by atoms with E-state index >= 15 is 0 Å². The van der Waals surface area contributed by atoms with Crippen LogP contribution >= 0.6 is 31.9 Å². The summed E-state index contributed by atoms with van der Waals surface area (Å²) in [5.41, 5.74) is 0. The number of halogens is 2. The molecule has 58 valence electrons. The second-order valence-corrected chi connectivity index (χ2v) is 4.91. The van der Waals surface area contributed by atoms with Crippen molar-refractivity contribution in [2.75, 3.05) is 0 Å². The molecule has 0 fully saturated rings. The highest BCUT2D eigenvalue weighted by Crippen LogP contribution is 2.23. The number of hydrogen-bond donors (Lipinski definition) is 0. The molecule has 0 aromatic heterocycles. The van der Waals surface area contributed by atoms with Gasteiger partial charge in [0.1, 0.15) is 0 Å². The fourth-order valence-corrected chi connectivity index (χ4v) is 2.09. The highest BCUT2D eigenvalue weighted by Gasteiger charge is 2.12.